The highest BCUT2D eigenvalue weighted by atomic mass is 32.2. The van der Waals surface area contributed by atoms with Gasteiger partial charge in [-0.25, -0.2) is 9.97 Å². The molecule has 2 aliphatic rings. The van der Waals surface area contributed by atoms with Gasteiger partial charge < -0.3 is 19.3 Å². The van der Waals surface area contributed by atoms with Gasteiger partial charge in [-0.3, -0.25) is 0 Å². The fourth-order valence-corrected chi connectivity index (χ4v) is 5.33. The summed E-state index contributed by atoms with van der Waals surface area (Å²) in [5.74, 6) is 1.08. The van der Waals surface area contributed by atoms with Crippen molar-refractivity contribution in [1.29, 1.82) is 0 Å². The van der Waals surface area contributed by atoms with Crippen LogP contribution in [0.2, 0.25) is 0 Å². The van der Waals surface area contributed by atoms with Crippen molar-refractivity contribution in [2.45, 2.75) is 37.6 Å². The van der Waals surface area contributed by atoms with Gasteiger partial charge >= 0.3 is 0 Å². The number of quaternary nitrogens is 1. The van der Waals surface area contributed by atoms with Crippen molar-refractivity contribution >= 4 is 39.1 Å². The van der Waals surface area contributed by atoms with Crippen molar-refractivity contribution in [3.63, 3.8) is 0 Å². The molecule has 1 saturated heterocycles. The van der Waals surface area contributed by atoms with Crippen LogP contribution >= 0.6 is 23.1 Å². The molecule has 0 saturated carbocycles. The number of likely N-dealkylation sites (N-methyl/N-ethyl adjacent to an activating group) is 1. The number of nitrogens with one attached hydrogen (secondary N) is 1. The van der Waals surface area contributed by atoms with Crippen LogP contribution in [0.4, 0.5) is 5.82 Å². The molecular weight excluding hydrogens is 380 g/mol. The lowest BCUT2D eigenvalue weighted by atomic mass is 9.94. The fraction of sp³-hybridized carbons (Fsp3) is 0.684. The Kier molecular flexibility index (Phi) is 5.62. The normalized spacial score (nSPS) is 20.0. The van der Waals surface area contributed by atoms with E-state index in [0.717, 1.165) is 61.6 Å². The number of thiophene rings is 1. The Morgan fingerprint density at radius 1 is 1.26 bits per heavy atom. The first-order valence-electron chi connectivity index (χ1n) is 9.59. The van der Waals surface area contributed by atoms with Gasteiger partial charge in [0.15, 0.2) is 5.16 Å². The van der Waals surface area contributed by atoms with Gasteiger partial charge in [-0.05, 0) is 25.7 Å². The highest BCUT2D eigenvalue weighted by Crippen LogP contribution is 2.42. The minimum absolute atomic E-state index is 0.132. The predicted molar refractivity (Wildman–Crippen MR) is 111 cm³/mol. The molecule has 4 rings (SSSR count). The Hall–Kier alpha value is -0.930. The number of rotatable bonds is 5. The summed E-state index contributed by atoms with van der Waals surface area (Å²) in [6.07, 6.45) is 2.96. The molecule has 0 unspecified atom stereocenters. The standard InChI is InChI=1S/C19H28N4O2S2/c1-19(2)11-13-14(12-25-19)27-17-15(13)16(20-18(21-17)26-4)22(3)5-6-23-7-9-24-10-8-23/h5-12H2,1-4H3/p+1. The van der Waals surface area contributed by atoms with Crippen molar-refractivity contribution in [3.8, 4) is 0 Å². The number of fused-ring (bicyclic) bond motifs is 3. The number of nitrogens with zero attached hydrogens (tertiary/aromatic N) is 3. The summed E-state index contributed by atoms with van der Waals surface area (Å²) < 4.78 is 11.5. The van der Waals surface area contributed by atoms with Gasteiger partial charge in [0.05, 0.1) is 43.9 Å². The van der Waals surface area contributed by atoms with E-state index in [-0.39, 0.29) is 5.60 Å². The molecule has 1 fully saturated rings. The van der Waals surface area contributed by atoms with E-state index in [4.69, 9.17) is 19.4 Å². The van der Waals surface area contributed by atoms with Crippen LogP contribution in [0.15, 0.2) is 5.16 Å². The van der Waals surface area contributed by atoms with Crippen LogP contribution in [0.5, 0.6) is 0 Å². The molecule has 4 heterocycles. The van der Waals surface area contributed by atoms with E-state index in [2.05, 4.69) is 25.8 Å². The molecule has 0 radical (unpaired) electrons. The van der Waals surface area contributed by atoms with Crippen molar-refractivity contribution < 1.29 is 14.4 Å². The Balaban J connectivity index is 1.66. The summed E-state index contributed by atoms with van der Waals surface area (Å²) in [4.78, 5) is 16.1. The van der Waals surface area contributed by atoms with E-state index in [9.17, 15) is 0 Å². The zero-order valence-electron chi connectivity index (χ0n) is 16.6. The van der Waals surface area contributed by atoms with E-state index < -0.39 is 0 Å². The highest BCUT2D eigenvalue weighted by Gasteiger charge is 2.31. The number of hydrogen-bond acceptors (Lipinski definition) is 7. The molecule has 2 aromatic heterocycles. The van der Waals surface area contributed by atoms with E-state index in [0.29, 0.717) is 6.61 Å². The second kappa shape index (κ2) is 7.83. The first kappa shape index (κ1) is 19.4. The minimum atomic E-state index is -0.132. The molecule has 0 spiro atoms. The van der Waals surface area contributed by atoms with Crippen molar-refractivity contribution in [3.05, 3.63) is 10.4 Å². The largest absolute Gasteiger partial charge is 0.370 e. The maximum absolute atomic E-state index is 6.03. The Morgan fingerprint density at radius 3 is 2.78 bits per heavy atom. The van der Waals surface area contributed by atoms with Crippen LogP contribution in [0.3, 0.4) is 0 Å². The van der Waals surface area contributed by atoms with E-state index in [1.54, 1.807) is 28.0 Å². The Morgan fingerprint density at radius 2 is 2.04 bits per heavy atom. The number of anilines is 1. The quantitative estimate of drug-likeness (QED) is 0.598. The van der Waals surface area contributed by atoms with E-state index in [1.807, 2.05) is 6.26 Å². The summed E-state index contributed by atoms with van der Waals surface area (Å²) in [6.45, 7) is 11.1. The number of thioether (sulfide) groups is 1. The van der Waals surface area contributed by atoms with Crippen LogP contribution in [-0.2, 0) is 22.5 Å². The molecule has 0 aliphatic carbocycles. The number of hydrogen-bond donors (Lipinski definition) is 1. The molecule has 0 aromatic carbocycles. The van der Waals surface area contributed by atoms with Crippen LogP contribution in [0, 0.1) is 0 Å². The first-order valence-corrected chi connectivity index (χ1v) is 11.6. The maximum Gasteiger partial charge on any atom is 0.190 e. The highest BCUT2D eigenvalue weighted by molar-refractivity contribution is 7.98. The summed E-state index contributed by atoms with van der Waals surface area (Å²) >= 11 is 3.38. The topological polar surface area (TPSA) is 51.9 Å². The molecule has 27 heavy (non-hydrogen) atoms. The summed E-state index contributed by atoms with van der Waals surface area (Å²) in [5, 5.41) is 2.09. The van der Waals surface area contributed by atoms with Gasteiger partial charge in [0.25, 0.3) is 0 Å². The lowest BCUT2D eigenvalue weighted by Gasteiger charge is -2.31. The van der Waals surface area contributed by atoms with Crippen LogP contribution in [0.25, 0.3) is 10.2 Å². The van der Waals surface area contributed by atoms with Crippen molar-refractivity contribution in [2.75, 3.05) is 57.6 Å². The van der Waals surface area contributed by atoms with Crippen LogP contribution in [0.1, 0.15) is 24.3 Å². The zero-order valence-corrected chi connectivity index (χ0v) is 18.3. The average molecular weight is 410 g/mol. The molecular formula is C19H29N4O2S2+. The number of ether oxygens (including phenoxy) is 2. The molecule has 0 amide bonds. The Bertz CT molecular complexity index is 818. The molecule has 1 N–H and O–H groups in total. The number of morpholine rings is 1. The average Bonchev–Trinajstić information content (AvgIpc) is 3.02. The van der Waals surface area contributed by atoms with Crippen LogP contribution < -0.4 is 9.80 Å². The van der Waals surface area contributed by atoms with Gasteiger partial charge in [-0.2, -0.15) is 0 Å². The third-order valence-electron chi connectivity index (χ3n) is 5.44. The summed E-state index contributed by atoms with van der Waals surface area (Å²) in [7, 11) is 2.17. The molecule has 8 heteroatoms. The van der Waals surface area contributed by atoms with Gasteiger partial charge in [0, 0.05) is 18.3 Å². The second-order valence-corrected chi connectivity index (χ2v) is 9.83. The summed E-state index contributed by atoms with van der Waals surface area (Å²) in [6, 6.07) is 0. The van der Waals surface area contributed by atoms with Gasteiger partial charge in [0.1, 0.15) is 23.7 Å². The second-order valence-electron chi connectivity index (χ2n) is 7.98. The third-order valence-corrected chi connectivity index (χ3v) is 7.08. The lowest BCUT2D eigenvalue weighted by Crippen LogP contribution is -3.14. The molecule has 6 nitrogen and oxygen atoms in total. The van der Waals surface area contributed by atoms with E-state index >= 15 is 0 Å². The van der Waals surface area contributed by atoms with Gasteiger partial charge in [-0.15, -0.1) is 11.3 Å². The molecule has 148 valence electrons. The molecule has 0 atom stereocenters. The molecule has 2 aromatic rings. The zero-order chi connectivity index (χ0) is 19.0. The SMILES string of the molecule is CSc1nc(N(C)CC[NH+]2CCOCC2)c2c3c(sc2n1)COC(C)(C)C3. The smallest absolute Gasteiger partial charge is 0.190 e. The minimum Gasteiger partial charge on any atom is -0.370 e. The maximum atomic E-state index is 6.03. The third kappa shape index (κ3) is 4.10. The molecule has 0 bridgehead atoms. The fourth-order valence-electron chi connectivity index (χ4n) is 3.82. The lowest BCUT2D eigenvalue weighted by molar-refractivity contribution is -0.906. The van der Waals surface area contributed by atoms with Crippen molar-refractivity contribution in [1.82, 2.24) is 9.97 Å². The predicted octanol–water partition coefficient (Wildman–Crippen LogP) is 1.62. The Labute approximate surface area is 169 Å². The van der Waals surface area contributed by atoms with Gasteiger partial charge in [0.2, 0.25) is 0 Å². The van der Waals surface area contributed by atoms with Crippen LogP contribution in [-0.4, -0.2) is 68.3 Å². The summed E-state index contributed by atoms with van der Waals surface area (Å²) in [5.41, 5.74) is 1.26. The first-order chi connectivity index (χ1) is 13.0. The van der Waals surface area contributed by atoms with Gasteiger partial charge in [-0.1, -0.05) is 11.8 Å². The number of aromatic nitrogens is 2. The van der Waals surface area contributed by atoms with E-state index in [1.165, 1.54) is 15.8 Å². The monoisotopic (exact) mass is 409 g/mol. The molecule has 2 aliphatic heterocycles. The van der Waals surface area contributed by atoms with Crippen molar-refractivity contribution in [2.24, 2.45) is 0 Å².